The normalized spacial score (nSPS) is 14.0. The number of nitrogens with two attached hydrogens (primary N) is 1. The van der Waals surface area contributed by atoms with Gasteiger partial charge in [0.15, 0.2) is 0 Å². The second kappa shape index (κ2) is 7.16. The molecule has 2 rings (SSSR count). The van der Waals surface area contributed by atoms with E-state index in [1.807, 2.05) is 18.2 Å². The molecule has 2 aromatic rings. The molecule has 0 aliphatic carbocycles. The first-order valence-electron chi connectivity index (χ1n) is 6.85. The molecule has 0 aliphatic rings. The van der Waals surface area contributed by atoms with Crippen molar-refractivity contribution in [3.05, 3.63) is 64.7 Å². The molecule has 0 radical (unpaired) electrons. The van der Waals surface area contributed by atoms with E-state index >= 15 is 0 Å². The molecular formula is C17H20ClNS. The lowest BCUT2D eigenvalue weighted by atomic mass is 10.0. The summed E-state index contributed by atoms with van der Waals surface area (Å²) in [5, 5.41) is 1.01. The molecule has 0 amide bonds. The van der Waals surface area contributed by atoms with Crippen molar-refractivity contribution in [3.8, 4) is 0 Å². The predicted octanol–water partition coefficient (Wildman–Crippen LogP) is 5.22. The summed E-state index contributed by atoms with van der Waals surface area (Å²) in [4.78, 5) is 1.09. The zero-order chi connectivity index (χ0) is 14.5. The van der Waals surface area contributed by atoms with Gasteiger partial charge in [-0.15, -0.1) is 11.8 Å². The summed E-state index contributed by atoms with van der Waals surface area (Å²) in [6.07, 6.45) is 0.941. The summed E-state index contributed by atoms with van der Waals surface area (Å²) < 4.78 is 0. The van der Waals surface area contributed by atoms with Crippen LogP contribution in [0.25, 0.3) is 0 Å². The van der Waals surface area contributed by atoms with Crippen LogP contribution in [0.5, 0.6) is 0 Å². The molecule has 2 atom stereocenters. The fourth-order valence-electron chi connectivity index (χ4n) is 2.14. The lowest BCUT2D eigenvalue weighted by Crippen LogP contribution is -2.25. The first kappa shape index (κ1) is 15.4. The minimum absolute atomic E-state index is 0.109. The van der Waals surface area contributed by atoms with E-state index < -0.39 is 0 Å². The zero-order valence-electron chi connectivity index (χ0n) is 11.8. The topological polar surface area (TPSA) is 26.0 Å². The first-order chi connectivity index (χ1) is 9.61. The smallest absolute Gasteiger partial charge is 0.0542 e. The van der Waals surface area contributed by atoms with Crippen molar-refractivity contribution in [2.24, 2.45) is 5.73 Å². The maximum atomic E-state index is 6.33. The molecule has 1 nitrogen and oxygen atoms in total. The SMILES string of the molecule is CCC(N)C(Sc1ccccc1Cl)c1cccc(C)c1. The van der Waals surface area contributed by atoms with Crippen molar-refractivity contribution in [3.63, 3.8) is 0 Å². The maximum Gasteiger partial charge on any atom is 0.0542 e. The predicted molar refractivity (Wildman–Crippen MR) is 89.5 cm³/mol. The number of rotatable bonds is 5. The number of aryl methyl sites for hydroxylation is 1. The molecule has 0 heterocycles. The number of hydrogen-bond acceptors (Lipinski definition) is 2. The van der Waals surface area contributed by atoms with E-state index in [0.717, 1.165) is 16.3 Å². The summed E-state index contributed by atoms with van der Waals surface area (Å²) >= 11 is 8.03. The van der Waals surface area contributed by atoms with Gasteiger partial charge in [0.2, 0.25) is 0 Å². The van der Waals surface area contributed by atoms with Crippen LogP contribution in [0.2, 0.25) is 5.02 Å². The van der Waals surface area contributed by atoms with E-state index in [9.17, 15) is 0 Å². The van der Waals surface area contributed by atoms with Gasteiger partial charge in [0, 0.05) is 16.2 Å². The van der Waals surface area contributed by atoms with Crippen molar-refractivity contribution in [1.82, 2.24) is 0 Å². The Morgan fingerprint density at radius 1 is 1.15 bits per heavy atom. The van der Waals surface area contributed by atoms with Crippen molar-refractivity contribution < 1.29 is 0 Å². The van der Waals surface area contributed by atoms with Gasteiger partial charge >= 0.3 is 0 Å². The minimum atomic E-state index is 0.109. The van der Waals surface area contributed by atoms with E-state index in [-0.39, 0.29) is 11.3 Å². The second-order valence-electron chi connectivity index (χ2n) is 4.96. The van der Waals surface area contributed by atoms with Gasteiger partial charge in [0.25, 0.3) is 0 Å². The van der Waals surface area contributed by atoms with E-state index in [1.54, 1.807) is 11.8 Å². The quantitative estimate of drug-likeness (QED) is 0.766. The molecule has 0 aliphatic heterocycles. The molecule has 0 saturated carbocycles. The van der Waals surface area contributed by atoms with Gasteiger partial charge in [-0.1, -0.05) is 60.5 Å². The van der Waals surface area contributed by atoms with Crippen LogP contribution in [0.15, 0.2) is 53.4 Å². The highest BCUT2D eigenvalue weighted by Gasteiger charge is 2.21. The Morgan fingerprint density at radius 3 is 2.55 bits per heavy atom. The van der Waals surface area contributed by atoms with Crippen LogP contribution in [-0.4, -0.2) is 6.04 Å². The first-order valence-corrected chi connectivity index (χ1v) is 8.11. The molecule has 2 N–H and O–H groups in total. The summed E-state index contributed by atoms with van der Waals surface area (Å²) in [5.74, 6) is 0. The molecule has 0 spiro atoms. The van der Waals surface area contributed by atoms with E-state index in [4.69, 9.17) is 17.3 Å². The maximum absolute atomic E-state index is 6.33. The molecule has 3 heteroatoms. The third kappa shape index (κ3) is 3.78. The largest absolute Gasteiger partial charge is 0.326 e. The highest BCUT2D eigenvalue weighted by atomic mass is 35.5. The number of thioether (sulfide) groups is 1. The fraction of sp³-hybridized carbons (Fsp3) is 0.294. The average molecular weight is 306 g/mol. The van der Waals surface area contributed by atoms with Crippen molar-refractivity contribution in [1.29, 1.82) is 0 Å². The van der Waals surface area contributed by atoms with Crippen molar-refractivity contribution in [2.75, 3.05) is 0 Å². The van der Waals surface area contributed by atoms with Crippen LogP contribution < -0.4 is 5.73 Å². The number of halogens is 1. The molecule has 2 unspecified atom stereocenters. The molecule has 106 valence electrons. The van der Waals surface area contributed by atoms with Gasteiger partial charge in [-0.2, -0.15) is 0 Å². The van der Waals surface area contributed by atoms with Crippen LogP contribution in [-0.2, 0) is 0 Å². The van der Waals surface area contributed by atoms with E-state index in [0.29, 0.717) is 0 Å². The Bertz CT molecular complexity index is 570. The number of benzene rings is 2. The highest BCUT2D eigenvalue weighted by molar-refractivity contribution is 7.99. The van der Waals surface area contributed by atoms with Crippen molar-refractivity contribution >= 4 is 23.4 Å². The fourth-order valence-corrected chi connectivity index (χ4v) is 3.67. The third-order valence-corrected chi connectivity index (χ3v) is 5.25. The standard InChI is InChI=1S/C17H20ClNS/c1-3-15(19)17(13-8-6-7-12(2)11-13)20-16-10-5-4-9-14(16)18/h4-11,15,17H,3,19H2,1-2H3. The van der Waals surface area contributed by atoms with E-state index in [1.165, 1.54) is 11.1 Å². The molecule has 0 saturated heterocycles. The van der Waals surface area contributed by atoms with Crippen LogP contribution in [0.1, 0.15) is 29.7 Å². The lowest BCUT2D eigenvalue weighted by Gasteiger charge is -2.23. The average Bonchev–Trinajstić information content (AvgIpc) is 2.45. The second-order valence-corrected chi connectivity index (χ2v) is 6.55. The Kier molecular flexibility index (Phi) is 5.53. The molecule has 0 bridgehead atoms. The monoisotopic (exact) mass is 305 g/mol. The van der Waals surface area contributed by atoms with Crippen LogP contribution in [0.4, 0.5) is 0 Å². The van der Waals surface area contributed by atoms with Gasteiger partial charge in [-0.3, -0.25) is 0 Å². The van der Waals surface area contributed by atoms with Gasteiger partial charge in [-0.25, -0.2) is 0 Å². The van der Waals surface area contributed by atoms with Gasteiger partial charge in [0.1, 0.15) is 0 Å². The molecule has 0 aromatic heterocycles. The Balaban J connectivity index is 2.31. The van der Waals surface area contributed by atoms with Crippen molar-refractivity contribution in [2.45, 2.75) is 36.5 Å². The number of hydrogen-bond donors (Lipinski definition) is 1. The van der Waals surface area contributed by atoms with Gasteiger partial charge in [-0.05, 0) is 31.0 Å². The summed E-state index contributed by atoms with van der Waals surface area (Å²) in [5.41, 5.74) is 8.86. The molecular weight excluding hydrogens is 286 g/mol. The van der Waals surface area contributed by atoms with Crippen LogP contribution >= 0.6 is 23.4 Å². The summed E-state index contributed by atoms with van der Waals surface area (Å²) in [6, 6.07) is 16.6. The Hall–Kier alpha value is -0.960. The van der Waals surface area contributed by atoms with Crippen LogP contribution in [0.3, 0.4) is 0 Å². The van der Waals surface area contributed by atoms with Gasteiger partial charge < -0.3 is 5.73 Å². The lowest BCUT2D eigenvalue weighted by molar-refractivity contribution is 0.634. The Labute approximate surface area is 130 Å². The molecule has 2 aromatic carbocycles. The molecule has 0 fully saturated rings. The zero-order valence-corrected chi connectivity index (χ0v) is 13.4. The molecule has 20 heavy (non-hydrogen) atoms. The minimum Gasteiger partial charge on any atom is -0.326 e. The van der Waals surface area contributed by atoms with Gasteiger partial charge in [0.05, 0.1) is 5.02 Å². The van der Waals surface area contributed by atoms with E-state index in [2.05, 4.69) is 44.2 Å². The third-order valence-electron chi connectivity index (χ3n) is 3.32. The summed E-state index contributed by atoms with van der Waals surface area (Å²) in [7, 11) is 0. The Morgan fingerprint density at radius 2 is 1.90 bits per heavy atom. The highest BCUT2D eigenvalue weighted by Crippen LogP contribution is 2.41. The van der Waals surface area contributed by atoms with Crippen LogP contribution in [0, 0.1) is 6.92 Å². The summed E-state index contributed by atoms with van der Waals surface area (Å²) in [6.45, 7) is 4.23.